The first-order valence-electron chi connectivity index (χ1n) is 9.74. The Kier molecular flexibility index (Phi) is 6.06. The van der Waals surface area contributed by atoms with Crippen LogP contribution in [0.1, 0.15) is 17.5 Å². The van der Waals surface area contributed by atoms with Crippen LogP contribution < -0.4 is 10.6 Å². The van der Waals surface area contributed by atoms with Gasteiger partial charge >= 0.3 is 0 Å². The normalized spacial score (nSPS) is 20.5. The topological polar surface area (TPSA) is 78.5 Å². The minimum Gasteiger partial charge on any atom is -0.324 e. The molecule has 2 aliphatic heterocycles. The fourth-order valence-electron chi connectivity index (χ4n) is 3.45. The Bertz CT molecular complexity index is 1010. The zero-order chi connectivity index (χ0) is 21.3. The average Bonchev–Trinajstić information content (AvgIpc) is 3.21. The minimum absolute atomic E-state index is 0.0683. The molecule has 2 heterocycles. The number of rotatable bonds is 4. The molecular formula is C22H23N3O3S2. The molecule has 3 amide bonds. The smallest absolute Gasteiger partial charge is 0.248 e. The van der Waals surface area contributed by atoms with Crippen LogP contribution in [0.3, 0.4) is 0 Å². The van der Waals surface area contributed by atoms with Gasteiger partial charge in [0.05, 0.1) is 16.8 Å². The van der Waals surface area contributed by atoms with E-state index in [0.717, 1.165) is 27.4 Å². The molecule has 0 aliphatic carbocycles. The molecule has 4 rings (SSSR count). The lowest BCUT2D eigenvalue weighted by Crippen LogP contribution is -2.46. The van der Waals surface area contributed by atoms with Gasteiger partial charge in [-0.2, -0.15) is 0 Å². The van der Waals surface area contributed by atoms with E-state index in [0.29, 0.717) is 11.6 Å². The van der Waals surface area contributed by atoms with Crippen LogP contribution in [0.5, 0.6) is 0 Å². The predicted molar refractivity (Wildman–Crippen MR) is 122 cm³/mol. The van der Waals surface area contributed by atoms with E-state index in [4.69, 9.17) is 0 Å². The summed E-state index contributed by atoms with van der Waals surface area (Å²) in [6.07, 6.45) is 0.0683. The van der Waals surface area contributed by atoms with Crippen LogP contribution >= 0.6 is 23.5 Å². The lowest BCUT2D eigenvalue weighted by atomic mass is 10.1. The standard InChI is InChI=1S/C22H23N3O3S2/c1-13-7-8-15(9-14(13)2)23-21(27)17-11-29-12-25(17)20(26)10-19-22(28)24-16-5-3-4-6-18(16)30-19/h3-9,17,19H,10-12H2,1-2H3,(H,23,27)(H,24,28). The quantitative estimate of drug-likeness (QED) is 0.757. The highest BCUT2D eigenvalue weighted by Crippen LogP contribution is 2.37. The second kappa shape index (κ2) is 8.73. The monoisotopic (exact) mass is 441 g/mol. The zero-order valence-corrected chi connectivity index (χ0v) is 18.4. The first-order chi connectivity index (χ1) is 14.4. The van der Waals surface area contributed by atoms with Crippen molar-refractivity contribution in [3.63, 3.8) is 0 Å². The Balaban J connectivity index is 1.41. The maximum atomic E-state index is 13.0. The summed E-state index contributed by atoms with van der Waals surface area (Å²) in [5, 5.41) is 5.30. The molecule has 0 saturated carbocycles. The Morgan fingerprint density at radius 1 is 1.17 bits per heavy atom. The van der Waals surface area contributed by atoms with Gasteiger partial charge in [0.2, 0.25) is 17.7 Å². The Labute approximate surface area is 184 Å². The van der Waals surface area contributed by atoms with Gasteiger partial charge in [0.15, 0.2) is 0 Å². The molecule has 0 radical (unpaired) electrons. The molecule has 30 heavy (non-hydrogen) atoms. The maximum Gasteiger partial charge on any atom is 0.248 e. The summed E-state index contributed by atoms with van der Waals surface area (Å²) in [4.78, 5) is 40.8. The summed E-state index contributed by atoms with van der Waals surface area (Å²) in [5.41, 5.74) is 3.76. The minimum atomic E-state index is -0.534. The number of hydrogen-bond acceptors (Lipinski definition) is 5. The van der Waals surface area contributed by atoms with Gasteiger partial charge in [0.1, 0.15) is 6.04 Å². The number of carbonyl (C=O) groups is 3. The predicted octanol–water partition coefficient (Wildman–Crippen LogP) is 3.65. The lowest BCUT2D eigenvalue weighted by molar-refractivity contribution is -0.136. The Morgan fingerprint density at radius 3 is 2.77 bits per heavy atom. The third-order valence-corrected chi connectivity index (χ3v) is 7.63. The van der Waals surface area contributed by atoms with Crippen LogP contribution in [-0.4, -0.2) is 45.5 Å². The molecule has 2 aromatic carbocycles. The number of thioether (sulfide) groups is 2. The molecule has 8 heteroatoms. The van der Waals surface area contributed by atoms with Crippen LogP contribution in [0.2, 0.25) is 0 Å². The molecule has 0 aromatic heterocycles. The van der Waals surface area contributed by atoms with Crippen molar-refractivity contribution in [3.8, 4) is 0 Å². The Hall–Kier alpha value is -2.45. The molecule has 1 saturated heterocycles. The van der Waals surface area contributed by atoms with Crippen molar-refractivity contribution >= 4 is 52.6 Å². The van der Waals surface area contributed by atoms with Crippen LogP contribution in [0.4, 0.5) is 11.4 Å². The fourth-order valence-corrected chi connectivity index (χ4v) is 5.74. The summed E-state index contributed by atoms with van der Waals surface area (Å²) in [5.74, 6) is 0.472. The molecule has 2 aromatic rings. The second-order valence-corrected chi connectivity index (χ2v) is 9.71. The van der Waals surface area contributed by atoms with Gasteiger partial charge in [-0.3, -0.25) is 14.4 Å². The highest BCUT2D eigenvalue weighted by atomic mass is 32.2. The second-order valence-electron chi connectivity index (χ2n) is 7.46. The molecular weight excluding hydrogens is 418 g/mol. The van der Waals surface area contributed by atoms with E-state index < -0.39 is 11.3 Å². The number of benzene rings is 2. The molecule has 6 nitrogen and oxygen atoms in total. The molecule has 0 bridgehead atoms. The zero-order valence-electron chi connectivity index (χ0n) is 16.8. The van der Waals surface area contributed by atoms with Gasteiger partial charge in [-0.05, 0) is 49.2 Å². The summed E-state index contributed by atoms with van der Waals surface area (Å²) >= 11 is 2.95. The number of anilines is 2. The van der Waals surface area contributed by atoms with Crippen LogP contribution in [-0.2, 0) is 14.4 Å². The highest BCUT2D eigenvalue weighted by Gasteiger charge is 2.37. The lowest BCUT2D eigenvalue weighted by Gasteiger charge is -2.27. The van der Waals surface area contributed by atoms with Crippen LogP contribution in [0.15, 0.2) is 47.4 Å². The Morgan fingerprint density at radius 2 is 1.97 bits per heavy atom. The van der Waals surface area contributed by atoms with E-state index in [1.807, 2.05) is 56.3 Å². The van der Waals surface area contributed by atoms with Gasteiger partial charge in [0.25, 0.3) is 0 Å². The summed E-state index contributed by atoms with van der Waals surface area (Å²) in [7, 11) is 0. The number of nitrogens with one attached hydrogen (secondary N) is 2. The van der Waals surface area contributed by atoms with E-state index in [1.165, 1.54) is 11.8 Å². The fraction of sp³-hybridized carbons (Fsp3) is 0.318. The molecule has 156 valence electrons. The highest BCUT2D eigenvalue weighted by molar-refractivity contribution is 8.01. The van der Waals surface area contributed by atoms with Crippen molar-refractivity contribution in [1.82, 2.24) is 4.90 Å². The largest absolute Gasteiger partial charge is 0.324 e. The van der Waals surface area contributed by atoms with E-state index in [-0.39, 0.29) is 24.1 Å². The molecule has 1 fully saturated rings. The average molecular weight is 442 g/mol. The van der Waals surface area contributed by atoms with Gasteiger partial charge in [-0.1, -0.05) is 18.2 Å². The molecule has 2 N–H and O–H groups in total. The van der Waals surface area contributed by atoms with Crippen molar-refractivity contribution in [3.05, 3.63) is 53.6 Å². The van der Waals surface area contributed by atoms with Gasteiger partial charge in [0, 0.05) is 22.8 Å². The molecule has 0 spiro atoms. The number of fused-ring (bicyclic) bond motifs is 1. The van der Waals surface area contributed by atoms with Crippen molar-refractivity contribution in [2.45, 2.75) is 36.5 Å². The van der Waals surface area contributed by atoms with Crippen molar-refractivity contribution in [2.24, 2.45) is 0 Å². The summed E-state index contributed by atoms with van der Waals surface area (Å²) in [6.45, 7) is 4.02. The van der Waals surface area contributed by atoms with Crippen LogP contribution in [0.25, 0.3) is 0 Å². The third kappa shape index (κ3) is 4.34. The van der Waals surface area contributed by atoms with Crippen molar-refractivity contribution < 1.29 is 14.4 Å². The van der Waals surface area contributed by atoms with Crippen molar-refractivity contribution in [1.29, 1.82) is 0 Å². The number of para-hydroxylation sites is 1. The third-order valence-electron chi connectivity index (χ3n) is 5.35. The van der Waals surface area contributed by atoms with E-state index in [9.17, 15) is 14.4 Å². The SMILES string of the molecule is Cc1ccc(NC(=O)C2CSCN2C(=O)CC2Sc3ccccc3NC2=O)cc1C. The first kappa shape index (κ1) is 20.8. The van der Waals surface area contributed by atoms with Crippen molar-refractivity contribution in [2.75, 3.05) is 22.3 Å². The molecule has 2 aliphatic rings. The summed E-state index contributed by atoms with van der Waals surface area (Å²) < 4.78 is 0. The van der Waals surface area contributed by atoms with E-state index in [2.05, 4.69) is 10.6 Å². The molecule has 2 atom stereocenters. The van der Waals surface area contributed by atoms with Gasteiger partial charge in [-0.15, -0.1) is 23.5 Å². The number of hydrogen-bond donors (Lipinski definition) is 2. The van der Waals surface area contributed by atoms with Gasteiger partial charge < -0.3 is 15.5 Å². The number of carbonyl (C=O) groups excluding carboxylic acids is 3. The van der Waals surface area contributed by atoms with E-state index in [1.54, 1.807) is 16.7 Å². The maximum absolute atomic E-state index is 13.0. The van der Waals surface area contributed by atoms with E-state index >= 15 is 0 Å². The number of aryl methyl sites for hydroxylation is 2. The number of nitrogens with zero attached hydrogens (tertiary/aromatic N) is 1. The molecule has 2 unspecified atom stereocenters. The summed E-state index contributed by atoms with van der Waals surface area (Å²) in [6, 6.07) is 12.8. The first-order valence-corrected chi connectivity index (χ1v) is 11.8. The number of amides is 3. The van der Waals surface area contributed by atoms with Crippen LogP contribution in [0, 0.1) is 13.8 Å². The van der Waals surface area contributed by atoms with Gasteiger partial charge in [-0.25, -0.2) is 0 Å².